The van der Waals surface area contributed by atoms with Gasteiger partial charge in [0, 0.05) is 23.4 Å². The van der Waals surface area contributed by atoms with Gasteiger partial charge in [-0.05, 0) is 29.8 Å². The molecule has 29 heavy (non-hydrogen) atoms. The summed E-state index contributed by atoms with van der Waals surface area (Å²) < 4.78 is 39.2. The zero-order chi connectivity index (χ0) is 19.7. The highest BCUT2D eigenvalue weighted by Crippen LogP contribution is 2.37. The van der Waals surface area contributed by atoms with Gasteiger partial charge >= 0.3 is 6.18 Å². The van der Waals surface area contributed by atoms with Gasteiger partial charge in [-0.3, -0.25) is 4.79 Å². The Morgan fingerprint density at radius 1 is 0.897 bits per heavy atom. The van der Waals surface area contributed by atoms with Crippen molar-refractivity contribution < 1.29 is 18.0 Å². The Hall–Kier alpha value is -2.99. The van der Waals surface area contributed by atoms with E-state index in [1.807, 2.05) is 42.5 Å². The molecule has 0 radical (unpaired) electrons. The summed E-state index contributed by atoms with van der Waals surface area (Å²) in [4.78, 5) is 14.6. The minimum atomic E-state index is -4.43. The summed E-state index contributed by atoms with van der Waals surface area (Å²) in [7, 11) is 0. The lowest BCUT2D eigenvalue weighted by molar-refractivity contribution is -0.137. The number of alkyl halides is 3. The minimum Gasteiger partial charge on any atom is -0.361 e. The number of nitrogens with zero attached hydrogens (tertiary/aromatic N) is 1. The Labute approximate surface area is 172 Å². The van der Waals surface area contributed by atoms with E-state index >= 15 is 0 Å². The van der Waals surface area contributed by atoms with Gasteiger partial charge in [0.2, 0.25) is 0 Å². The first-order chi connectivity index (χ1) is 13.4. The number of halogens is 4. The topological polar surface area (TPSA) is 32.3 Å². The van der Waals surface area contributed by atoms with Gasteiger partial charge in [0.05, 0.1) is 5.56 Å². The number of nitrogens with one attached hydrogen (secondary N) is 1. The van der Waals surface area contributed by atoms with Crippen molar-refractivity contribution in [1.29, 1.82) is 0 Å². The summed E-state index contributed by atoms with van der Waals surface area (Å²) in [6, 6.07) is 21.7. The van der Waals surface area contributed by atoms with Gasteiger partial charge in [-0.1, -0.05) is 54.6 Å². The van der Waals surface area contributed by atoms with Gasteiger partial charge in [-0.25, -0.2) is 0 Å². The van der Waals surface area contributed by atoms with Gasteiger partial charge < -0.3 is 10.2 Å². The fourth-order valence-electron chi connectivity index (χ4n) is 3.41. The maximum absolute atomic E-state index is 13.1. The maximum Gasteiger partial charge on any atom is 0.416 e. The second-order valence-corrected chi connectivity index (χ2v) is 6.63. The molecule has 1 atom stereocenters. The van der Waals surface area contributed by atoms with E-state index in [4.69, 9.17) is 0 Å². The van der Waals surface area contributed by atoms with Crippen molar-refractivity contribution in [2.24, 2.45) is 0 Å². The number of rotatable bonds is 4. The largest absolute Gasteiger partial charge is 0.416 e. The van der Waals surface area contributed by atoms with E-state index < -0.39 is 17.9 Å². The number of carbonyl (C=O) groups is 1. The Kier molecular flexibility index (Phi) is 5.84. The first-order valence-corrected chi connectivity index (χ1v) is 8.81. The zero-order valence-electron chi connectivity index (χ0n) is 15.2. The highest BCUT2D eigenvalue weighted by molar-refractivity contribution is 5.99. The van der Waals surface area contributed by atoms with Crippen molar-refractivity contribution in [2.75, 3.05) is 5.32 Å². The average Bonchev–Trinajstić information content (AvgIpc) is 2.95. The van der Waals surface area contributed by atoms with Gasteiger partial charge in [0.1, 0.15) is 6.17 Å². The SMILES string of the molecule is Cl.O=C1c2ccccc2C(Nc2cccc(C(F)(F)F)c2)N1Cc1ccccc1. The van der Waals surface area contributed by atoms with E-state index in [1.54, 1.807) is 23.1 Å². The number of anilines is 1. The first kappa shape index (κ1) is 20.7. The molecule has 0 saturated carbocycles. The molecular formula is C22H18ClF3N2O. The number of carbonyl (C=O) groups excluding carboxylic acids is 1. The van der Waals surface area contributed by atoms with Gasteiger partial charge in [-0.15, -0.1) is 12.4 Å². The van der Waals surface area contributed by atoms with Crippen LogP contribution < -0.4 is 5.32 Å². The van der Waals surface area contributed by atoms with Crippen LogP contribution >= 0.6 is 12.4 Å². The van der Waals surface area contributed by atoms with E-state index in [0.717, 1.165) is 23.3 Å². The molecular weight excluding hydrogens is 401 g/mol. The average molecular weight is 419 g/mol. The number of fused-ring (bicyclic) bond motifs is 1. The van der Waals surface area contributed by atoms with Gasteiger partial charge in [-0.2, -0.15) is 13.2 Å². The number of hydrogen-bond donors (Lipinski definition) is 1. The summed E-state index contributed by atoms with van der Waals surface area (Å²) in [6.45, 7) is 0.352. The molecule has 1 aliphatic rings. The zero-order valence-corrected chi connectivity index (χ0v) is 16.0. The molecule has 150 valence electrons. The second kappa shape index (κ2) is 8.17. The van der Waals surface area contributed by atoms with Crippen molar-refractivity contribution in [1.82, 2.24) is 4.90 Å². The molecule has 0 spiro atoms. The minimum absolute atomic E-state index is 0. The van der Waals surface area contributed by atoms with Crippen LogP contribution in [0.5, 0.6) is 0 Å². The molecule has 1 unspecified atom stereocenters. The van der Waals surface area contributed by atoms with Gasteiger partial charge in [0.15, 0.2) is 0 Å². The fraction of sp³-hybridized carbons (Fsp3) is 0.136. The lowest BCUT2D eigenvalue weighted by atomic mass is 10.1. The molecule has 1 N–H and O–H groups in total. The molecule has 1 heterocycles. The summed E-state index contributed by atoms with van der Waals surface area (Å²) >= 11 is 0. The number of benzene rings is 3. The molecule has 0 saturated heterocycles. The van der Waals surface area contributed by atoms with Crippen LogP contribution in [0.4, 0.5) is 18.9 Å². The summed E-state index contributed by atoms with van der Waals surface area (Å²) in [5, 5.41) is 3.12. The van der Waals surface area contributed by atoms with Crippen LogP contribution in [0.15, 0.2) is 78.9 Å². The van der Waals surface area contributed by atoms with Crippen molar-refractivity contribution in [3.63, 3.8) is 0 Å². The molecule has 3 aromatic rings. The summed E-state index contributed by atoms with van der Waals surface area (Å²) in [5.41, 5.74) is 1.83. The van der Waals surface area contributed by atoms with E-state index in [-0.39, 0.29) is 18.3 Å². The Morgan fingerprint density at radius 3 is 2.31 bits per heavy atom. The van der Waals surface area contributed by atoms with Crippen LogP contribution in [0.2, 0.25) is 0 Å². The monoisotopic (exact) mass is 418 g/mol. The first-order valence-electron chi connectivity index (χ1n) is 8.81. The highest BCUT2D eigenvalue weighted by atomic mass is 35.5. The molecule has 1 aliphatic heterocycles. The van der Waals surface area contributed by atoms with Crippen LogP contribution in [-0.2, 0) is 12.7 Å². The Balaban J connectivity index is 0.00000240. The van der Waals surface area contributed by atoms with Crippen molar-refractivity contribution in [3.8, 4) is 0 Å². The predicted octanol–water partition coefficient (Wildman–Crippen LogP) is 5.89. The van der Waals surface area contributed by atoms with Crippen molar-refractivity contribution in [3.05, 3.63) is 101 Å². The third-order valence-electron chi connectivity index (χ3n) is 4.75. The van der Waals surface area contributed by atoms with E-state index in [0.29, 0.717) is 17.8 Å². The lowest BCUT2D eigenvalue weighted by Crippen LogP contribution is -2.31. The number of amides is 1. The van der Waals surface area contributed by atoms with Crippen molar-refractivity contribution in [2.45, 2.75) is 18.9 Å². The second-order valence-electron chi connectivity index (χ2n) is 6.63. The molecule has 0 aromatic heterocycles. The van der Waals surface area contributed by atoms with Crippen molar-refractivity contribution >= 4 is 24.0 Å². The smallest absolute Gasteiger partial charge is 0.361 e. The highest BCUT2D eigenvalue weighted by Gasteiger charge is 2.37. The van der Waals surface area contributed by atoms with E-state index in [9.17, 15) is 18.0 Å². The maximum atomic E-state index is 13.1. The fourth-order valence-corrected chi connectivity index (χ4v) is 3.41. The van der Waals surface area contributed by atoms with Crippen LogP contribution in [0.3, 0.4) is 0 Å². The third kappa shape index (κ3) is 4.22. The quantitative estimate of drug-likeness (QED) is 0.572. The standard InChI is InChI=1S/C22H17F3N2O.ClH/c23-22(24,25)16-9-6-10-17(13-16)26-20-18-11-4-5-12-19(18)21(28)27(20)14-15-7-2-1-3-8-15;/h1-13,20,26H,14H2;1H. The molecule has 0 fully saturated rings. The Morgan fingerprint density at radius 2 is 1.59 bits per heavy atom. The normalized spacial score (nSPS) is 15.6. The Bertz CT molecular complexity index is 1010. The molecule has 1 amide bonds. The van der Waals surface area contributed by atoms with Crippen LogP contribution in [0, 0.1) is 0 Å². The van der Waals surface area contributed by atoms with Gasteiger partial charge in [0.25, 0.3) is 5.91 Å². The summed E-state index contributed by atoms with van der Waals surface area (Å²) in [6.07, 6.45) is -4.97. The molecule has 7 heteroatoms. The molecule has 0 aliphatic carbocycles. The predicted molar refractivity (Wildman–Crippen MR) is 108 cm³/mol. The third-order valence-corrected chi connectivity index (χ3v) is 4.75. The van der Waals surface area contributed by atoms with E-state index in [1.165, 1.54) is 6.07 Å². The number of hydrogen-bond acceptors (Lipinski definition) is 2. The van der Waals surface area contributed by atoms with Crippen LogP contribution in [-0.4, -0.2) is 10.8 Å². The van der Waals surface area contributed by atoms with Crippen LogP contribution in [0.25, 0.3) is 0 Å². The molecule has 3 nitrogen and oxygen atoms in total. The summed E-state index contributed by atoms with van der Waals surface area (Å²) in [5.74, 6) is -0.149. The van der Waals surface area contributed by atoms with Crippen LogP contribution in [0.1, 0.15) is 33.2 Å². The lowest BCUT2D eigenvalue weighted by Gasteiger charge is -2.27. The molecule has 3 aromatic carbocycles. The molecule has 0 bridgehead atoms. The van der Waals surface area contributed by atoms with E-state index in [2.05, 4.69) is 5.32 Å². The molecule has 4 rings (SSSR count).